The van der Waals surface area contributed by atoms with Gasteiger partial charge in [0.15, 0.2) is 5.82 Å². The summed E-state index contributed by atoms with van der Waals surface area (Å²) in [5, 5.41) is 9.51. The average molecular weight is 346 g/mol. The SMILES string of the molecule is NC(=O)CSc1ccc(-n2cnc(-c3ccc(Cl)cc3)c2)nn1. The van der Waals surface area contributed by atoms with Gasteiger partial charge in [0.1, 0.15) is 11.4 Å². The standard InChI is InChI=1S/C15H12ClN5OS/c16-11-3-1-10(2-4-11)12-7-21(9-18-12)14-5-6-15(20-19-14)23-8-13(17)22/h1-7,9H,8H2,(H2,17,22). The number of hydrogen-bond acceptors (Lipinski definition) is 5. The van der Waals surface area contributed by atoms with E-state index >= 15 is 0 Å². The molecule has 2 aromatic heterocycles. The van der Waals surface area contributed by atoms with E-state index in [1.54, 1.807) is 17.0 Å². The van der Waals surface area contributed by atoms with Crippen molar-refractivity contribution >= 4 is 29.3 Å². The van der Waals surface area contributed by atoms with E-state index in [2.05, 4.69) is 15.2 Å². The van der Waals surface area contributed by atoms with Gasteiger partial charge in [-0.15, -0.1) is 10.2 Å². The summed E-state index contributed by atoms with van der Waals surface area (Å²) in [5.41, 5.74) is 6.88. The van der Waals surface area contributed by atoms with Crippen LogP contribution in [0.1, 0.15) is 0 Å². The zero-order valence-electron chi connectivity index (χ0n) is 11.9. The number of thioether (sulfide) groups is 1. The monoisotopic (exact) mass is 345 g/mol. The van der Waals surface area contributed by atoms with Gasteiger partial charge in [-0.2, -0.15) is 0 Å². The number of primary amides is 1. The molecule has 116 valence electrons. The lowest BCUT2D eigenvalue weighted by Crippen LogP contribution is -2.13. The van der Waals surface area contributed by atoms with Crippen molar-refractivity contribution in [3.8, 4) is 17.1 Å². The van der Waals surface area contributed by atoms with E-state index < -0.39 is 0 Å². The molecule has 0 saturated carbocycles. The lowest BCUT2D eigenvalue weighted by atomic mass is 10.2. The number of nitrogens with zero attached hydrogens (tertiary/aromatic N) is 4. The summed E-state index contributed by atoms with van der Waals surface area (Å²) >= 11 is 7.14. The second-order valence-electron chi connectivity index (χ2n) is 4.66. The van der Waals surface area contributed by atoms with Crippen LogP contribution in [0.5, 0.6) is 0 Å². The highest BCUT2D eigenvalue weighted by atomic mass is 35.5. The lowest BCUT2D eigenvalue weighted by Gasteiger charge is -2.01. The second kappa shape index (κ2) is 6.80. The maximum atomic E-state index is 10.8. The Morgan fingerprint density at radius 2 is 1.96 bits per heavy atom. The van der Waals surface area contributed by atoms with Crippen molar-refractivity contribution in [2.45, 2.75) is 5.03 Å². The molecule has 0 aliphatic heterocycles. The molecule has 0 aliphatic carbocycles. The highest BCUT2D eigenvalue weighted by Crippen LogP contribution is 2.21. The van der Waals surface area contributed by atoms with E-state index in [1.807, 2.05) is 36.5 Å². The Labute approximate surface area is 141 Å². The van der Waals surface area contributed by atoms with E-state index in [9.17, 15) is 4.79 Å². The molecule has 8 heteroatoms. The number of nitrogens with two attached hydrogens (primary N) is 1. The maximum absolute atomic E-state index is 10.8. The fourth-order valence-electron chi connectivity index (χ4n) is 1.89. The first-order chi connectivity index (χ1) is 11.1. The fraction of sp³-hybridized carbons (Fsp3) is 0.0667. The number of hydrogen-bond donors (Lipinski definition) is 1. The molecule has 0 aliphatic rings. The van der Waals surface area contributed by atoms with Crippen molar-refractivity contribution in [3.05, 3.63) is 53.9 Å². The Kier molecular flexibility index (Phi) is 4.59. The molecule has 6 nitrogen and oxygen atoms in total. The van der Waals surface area contributed by atoms with Crippen molar-refractivity contribution in [2.24, 2.45) is 5.73 Å². The molecule has 0 spiro atoms. The van der Waals surface area contributed by atoms with Gasteiger partial charge in [-0.1, -0.05) is 35.5 Å². The Bertz CT molecular complexity index is 817. The molecule has 3 aromatic rings. The van der Waals surface area contributed by atoms with E-state index in [1.165, 1.54) is 11.8 Å². The molecule has 2 N–H and O–H groups in total. The predicted molar refractivity (Wildman–Crippen MR) is 89.5 cm³/mol. The van der Waals surface area contributed by atoms with Crippen LogP contribution in [0.2, 0.25) is 5.02 Å². The van der Waals surface area contributed by atoms with Crippen LogP contribution in [-0.4, -0.2) is 31.4 Å². The quantitative estimate of drug-likeness (QED) is 0.718. The van der Waals surface area contributed by atoms with Crippen LogP contribution in [0.25, 0.3) is 17.1 Å². The smallest absolute Gasteiger partial charge is 0.227 e. The minimum Gasteiger partial charge on any atom is -0.369 e. The molecule has 2 heterocycles. The van der Waals surface area contributed by atoms with Crippen LogP contribution in [0.15, 0.2) is 53.9 Å². The van der Waals surface area contributed by atoms with Crippen LogP contribution >= 0.6 is 23.4 Å². The Morgan fingerprint density at radius 1 is 1.17 bits per heavy atom. The van der Waals surface area contributed by atoms with E-state index in [0.717, 1.165) is 11.3 Å². The van der Waals surface area contributed by atoms with Gasteiger partial charge in [0, 0.05) is 16.8 Å². The van der Waals surface area contributed by atoms with E-state index in [0.29, 0.717) is 15.9 Å². The van der Waals surface area contributed by atoms with Gasteiger partial charge in [0.05, 0.1) is 11.4 Å². The third-order valence-corrected chi connectivity index (χ3v) is 4.17. The third kappa shape index (κ3) is 3.88. The van der Waals surface area contributed by atoms with Crippen molar-refractivity contribution in [1.29, 1.82) is 0 Å². The molecule has 1 aromatic carbocycles. The molecule has 0 fully saturated rings. The number of imidazole rings is 1. The molecule has 0 unspecified atom stereocenters. The number of benzene rings is 1. The molecule has 0 bridgehead atoms. The maximum Gasteiger partial charge on any atom is 0.227 e. The van der Waals surface area contributed by atoms with Gasteiger partial charge in [-0.3, -0.25) is 9.36 Å². The number of carbonyl (C=O) groups is 1. The zero-order valence-corrected chi connectivity index (χ0v) is 13.5. The summed E-state index contributed by atoms with van der Waals surface area (Å²) in [6.07, 6.45) is 3.54. The van der Waals surface area contributed by atoms with Crippen molar-refractivity contribution in [2.75, 3.05) is 5.75 Å². The Morgan fingerprint density at radius 3 is 2.61 bits per heavy atom. The fourth-order valence-corrected chi connectivity index (χ4v) is 2.57. The molecule has 0 atom stereocenters. The number of carbonyl (C=O) groups excluding carboxylic acids is 1. The van der Waals surface area contributed by atoms with Crippen LogP contribution in [-0.2, 0) is 4.79 Å². The van der Waals surface area contributed by atoms with Crippen molar-refractivity contribution < 1.29 is 4.79 Å². The molecule has 23 heavy (non-hydrogen) atoms. The normalized spacial score (nSPS) is 10.7. The van der Waals surface area contributed by atoms with Crippen LogP contribution in [0.3, 0.4) is 0 Å². The molecule has 1 amide bonds. The lowest BCUT2D eigenvalue weighted by molar-refractivity contribution is -0.115. The minimum absolute atomic E-state index is 0.180. The molecule has 0 radical (unpaired) electrons. The highest BCUT2D eigenvalue weighted by Gasteiger charge is 2.06. The minimum atomic E-state index is -0.386. The number of aromatic nitrogens is 4. The largest absolute Gasteiger partial charge is 0.369 e. The van der Waals surface area contributed by atoms with Gasteiger partial charge in [0.25, 0.3) is 0 Å². The van der Waals surface area contributed by atoms with Gasteiger partial charge >= 0.3 is 0 Å². The first-order valence-corrected chi connectivity index (χ1v) is 8.03. The molecule has 3 rings (SSSR count). The summed E-state index contributed by atoms with van der Waals surface area (Å²) < 4.78 is 1.78. The predicted octanol–water partition coefficient (Wildman–Crippen LogP) is 2.56. The Hall–Kier alpha value is -2.38. The number of halogens is 1. The van der Waals surface area contributed by atoms with E-state index in [-0.39, 0.29) is 11.7 Å². The van der Waals surface area contributed by atoms with Gasteiger partial charge in [-0.25, -0.2) is 4.98 Å². The molecule has 0 saturated heterocycles. The first kappa shape index (κ1) is 15.5. The van der Waals surface area contributed by atoms with Gasteiger partial charge in [-0.05, 0) is 24.3 Å². The van der Waals surface area contributed by atoms with Crippen LogP contribution in [0, 0.1) is 0 Å². The van der Waals surface area contributed by atoms with Gasteiger partial charge in [0.2, 0.25) is 5.91 Å². The van der Waals surface area contributed by atoms with Crippen LogP contribution in [0.4, 0.5) is 0 Å². The summed E-state index contributed by atoms with van der Waals surface area (Å²) in [4.78, 5) is 15.1. The third-order valence-electron chi connectivity index (χ3n) is 2.98. The van der Waals surface area contributed by atoms with Crippen molar-refractivity contribution in [1.82, 2.24) is 19.7 Å². The van der Waals surface area contributed by atoms with Crippen molar-refractivity contribution in [3.63, 3.8) is 0 Å². The van der Waals surface area contributed by atoms with Gasteiger partial charge < -0.3 is 5.73 Å². The summed E-state index contributed by atoms with van der Waals surface area (Å²) in [5.74, 6) is 0.434. The Balaban J connectivity index is 1.77. The summed E-state index contributed by atoms with van der Waals surface area (Å²) in [7, 11) is 0. The second-order valence-corrected chi connectivity index (χ2v) is 6.09. The zero-order chi connectivity index (χ0) is 16.2. The average Bonchev–Trinajstić information content (AvgIpc) is 3.04. The van der Waals surface area contributed by atoms with E-state index in [4.69, 9.17) is 17.3 Å². The topological polar surface area (TPSA) is 86.7 Å². The molecular weight excluding hydrogens is 334 g/mol. The summed E-state index contributed by atoms with van der Waals surface area (Å²) in [6.45, 7) is 0. The highest BCUT2D eigenvalue weighted by molar-refractivity contribution is 7.99. The van der Waals surface area contributed by atoms with Crippen LogP contribution < -0.4 is 5.73 Å². The summed E-state index contributed by atoms with van der Waals surface area (Å²) in [6, 6.07) is 11.1. The number of rotatable bonds is 5. The molecular formula is C15H12ClN5OS. The number of amides is 1. The first-order valence-electron chi connectivity index (χ1n) is 6.67.